The van der Waals surface area contributed by atoms with Crippen LogP contribution in [-0.4, -0.2) is 62.9 Å². The molecular formula is C19H22N2O4S2. The van der Waals surface area contributed by atoms with Crippen LogP contribution in [-0.2, 0) is 14.8 Å². The van der Waals surface area contributed by atoms with E-state index in [1.165, 1.54) is 15.6 Å². The lowest BCUT2D eigenvalue weighted by Gasteiger charge is -2.25. The van der Waals surface area contributed by atoms with Crippen LogP contribution in [0.25, 0.3) is 10.4 Å². The molecule has 2 aromatic rings. The lowest BCUT2D eigenvalue weighted by Crippen LogP contribution is -2.40. The molecule has 4 rings (SSSR count). The highest BCUT2D eigenvalue weighted by Crippen LogP contribution is 2.32. The maximum Gasteiger partial charge on any atom is 0.253 e. The molecule has 27 heavy (non-hydrogen) atoms. The second-order valence-electron chi connectivity index (χ2n) is 6.71. The van der Waals surface area contributed by atoms with Crippen molar-refractivity contribution in [3.8, 4) is 10.4 Å². The van der Waals surface area contributed by atoms with Gasteiger partial charge in [-0.2, -0.15) is 4.31 Å². The van der Waals surface area contributed by atoms with E-state index in [4.69, 9.17) is 4.74 Å². The van der Waals surface area contributed by atoms with Crippen LogP contribution in [0.15, 0.2) is 40.6 Å². The highest BCUT2D eigenvalue weighted by molar-refractivity contribution is 7.91. The average Bonchev–Trinajstić information content (AvgIpc) is 3.41. The number of hydrogen-bond acceptors (Lipinski definition) is 5. The van der Waals surface area contributed by atoms with Gasteiger partial charge in [0.1, 0.15) is 4.21 Å². The highest BCUT2D eigenvalue weighted by atomic mass is 32.2. The summed E-state index contributed by atoms with van der Waals surface area (Å²) >= 11 is 1.26. The molecule has 1 amide bonds. The zero-order valence-electron chi connectivity index (χ0n) is 15.0. The largest absolute Gasteiger partial charge is 0.379 e. The van der Waals surface area contributed by atoms with Gasteiger partial charge in [0.25, 0.3) is 15.9 Å². The number of hydrogen-bond donors (Lipinski definition) is 0. The number of carbonyl (C=O) groups excluding carboxylic acids is 1. The van der Waals surface area contributed by atoms with Gasteiger partial charge in [-0.15, -0.1) is 11.3 Å². The lowest BCUT2D eigenvalue weighted by atomic mass is 10.1. The molecule has 0 atom stereocenters. The number of ether oxygens (including phenoxy) is 1. The van der Waals surface area contributed by atoms with E-state index in [-0.39, 0.29) is 5.91 Å². The molecule has 0 radical (unpaired) electrons. The lowest BCUT2D eigenvalue weighted by molar-refractivity contribution is 0.0731. The smallest absolute Gasteiger partial charge is 0.253 e. The molecule has 0 bridgehead atoms. The SMILES string of the molecule is O=C(c1ccc(-c2ccc(S(=O)(=O)N3CCOCC3)s2)cc1)N1CCCC1. The van der Waals surface area contributed by atoms with Crippen LogP contribution in [0.2, 0.25) is 0 Å². The Kier molecular flexibility index (Phi) is 5.32. The third kappa shape index (κ3) is 3.80. The van der Waals surface area contributed by atoms with Crippen LogP contribution in [0, 0.1) is 0 Å². The first-order valence-corrected chi connectivity index (χ1v) is 11.4. The van der Waals surface area contributed by atoms with Gasteiger partial charge >= 0.3 is 0 Å². The van der Waals surface area contributed by atoms with Crippen molar-refractivity contribution in [3.63, 3.8) is 0 Å². The summed E-state index contributed by atoms with van der Waals surface area (Å²) in [5.74, 6) is 0.0702. The van der Waals surface area contributed by atoms with Crippen molar-refractivity contribution in [1.29, 1.82) is 0 Å². The molecule has 0 aliphatic carbocycles. The minimum absolute atomic E-state index is 0.0702. The van der Waals surface area contributed by atoms with Gasteiger partial charge in [0.05, 0.1) is 13.2 Å². The molecule has 0 spiro atoms. The summed E-state index contributed by atoms with van der Waals surface area (Å²) < 4.78 is 32.6. The number of rotatable bonds is 4. The van der Waals surface area contributed by atoms with Crippen LogP contribution in [0.1, 0.15) is 23.2 Å². The van der Waals surface area contributed by atoms with Crippen molar-refractivity contribution in [2.75, 3.05) is 39.4 Å². The predicted octanol–water partition coefficient (Wildman–Crippen LogP) is 2.67. The van der Waals surface area contributed by atoms with Gasteiger partial charge in [-0.1, -0.05) is 12.1 Å². The van der Waals surface area contributed by atoms with Gasteiger partial charge in [0.15, 0.2) is 0 Å². The molecule has 3 heterocycles. The molecule has 0 N–H and O–H groups in total. The van der Waals surface area contributed by atoms with Gasteiger partial charge in [0.2, 0.25) is 0 Å². The number of thiophene rings is 1. The number of sulfonamides is 1. The maximum absolute atomic E-state index is 12.8. The standard InChI is InChI=1S/C19H22N2O4S2/c22-19(20-9-1-2-10-20)16-5-3-15(4-6-16)17-7-8-18(26-17)27(23,24)21-11-13-25-14-12-21/h3-8H,1-2,9-14H2. The Labute approximate surface area is 163 Å². The van der Waals surface area contributed by atoms with Crippen LogP contribution >= 0.6 is 11.3 Å². The Morgan fingerprint density at radius 3 is 2.26 bits per heavy atom. The van der Waals surface area contributed by atoms with E-state index in [1.54, 1.807) is 6.07 Å². The quantitative estimate of drug-likeness (QED) is 0.783. The Morgan fingerprint density at radius 1 is 0.926 bits per heavy atom. The zero-order valence-corrected chi connectivity index (χ0v) is 16.6. The Hall–Kier alpha value is -1.74. The van der Waals surface area contributed by atoms with Crippen LogP contribution < -0.4 is 0 Å². The maximum atomic E-state index is 12.8. The fourth-order valence-electron chi connectivity index (χ4n) is 3.41. The first-order chi connectivity index (χ1) is 13.1. The number of likely N-dealkylation sites (tertiary alicyclic amines) is 1. The Morgan fingerprint density at radius 2 is 1.59 bits per heavy atom. The summed E-state index contributed by atoms with van der Waals surface area (Å²) in [6.45, 7) is 3.31. The topological polar surface area (TPSA) is 66.9 Å². The molecule has 0 saturated carbocycles. The second kappa shape index (κ2) is 7.71. The molecule has 144 valence electrons. The van der Waals surface area contributed by atoms with Crippen LogP contribution in [0.3, 0.4) is 0 Å². The molecule has 0 unspecified atom stereocenters. The normalized spacial score (nSPS) is 18.7. The number of amides is 1. The van der Waals surface area contributed by atoms with Crippen molar-refractivity contribution in [1.82, 2.24) is 9.21 Å². The average molecular weight is 407 g/mol. The van der Waals surface area contributed by atoms with E-state index in [2.05, 4.69) is 0 Å². The number of nitrogens with zero attached hydrogens (tertiary/aromatic N) is 2. The molecule has 1 aromatic carbocycles. The van der Waals surface area contributed by atoms with E-state index < -0.39 is 10.0 Å². The van der Waals surface area contributed by atoms with Crippen LogP contribution in [0.4, 0.5) is 0 Å². The molecular weight excluding hydrogens is 384 g/mol. The molecule has 1 aromatic heterocycles. The van der Waals surface area contributed by atoms with E-state index >= 15 is 0 Å². The van der Waals surface area contributed by atoms with Crippen molar-refractivity contribution >= 4 is 27.3 Å². The highest BCUT2D eigenvalue weighted by Gasteiger charge is 2.28. The molecule has 2 aliphatic heterocycles. The van der Waals surface area contributed by atoms with E-state index in [0.29, 0.717) is 36.1 Å². The Balaban J connectivity index is 1.52. The van der Waals surface area contributed by atoms with Gasteiger partial charge in [-0.3, -0.25) is 4.79 Å². The Bertz CT molecular complexity index is 909. The van der Waals surface area contributed by atoms with Crippen molar-refractivity contribution in [2.45, 2.75) is 17.1 Å². The van der Waals surface area contributed by atoms with E-state index in [0.717, 1.165) is 36.4 Å². The van der Waals surface area contributed by atoms with Crippen molar-refractivity contribution < 1.29 is 17.9 Å². The van der Waals surface area contributed by atoms with Crippen LogP contribution in [0.5, 0.6) is 0 Å². The minimum atomic E-state index is -3.47. The van der Waals surface area contributed by atoms with Crippen molar-refractivity contribution in [2.24, 2.45) is 0 Å². The zero-order chi connectivity index (χ0) is 18.9. The summed E-state index contributed by atoms with van der Waals surface area (Å²) in [7, 11) is -3.47. The summed E-state index contributed by atoms with van der Waals surface area (Å²) in [6, 6.07) is 10.9. The van der Waals surface area contributed by atoms with E-state index in [1.807, 2.05) is 35.2 Å². The van der Waals surface area contributed by atoms with Gasteiger partial charge in [0, 0.05) is 36.6 Å². The monoisotopic (exact) mass is 406 g/mol. The fraction of sp³-hybridized carbons (Fsp3) is 0.421. The molecule has 2 fully saturated rings. The molecule has 6 nitrogen and oxygen atoms in total. The number of benzene rings is 1. The summed E-state index contributed by atoms with van der Waals surface area (Å²) in [5, 5.41) is 0. The second-order valence-corrected chi connectivity index (χ2v) is 9.96. The van der Waals surface area contributed by atoms with Gasteiger partial charge in [-0.25, -0.2) is 8.42 Å². The molecule has 2 aliphatic rings. The molecule has 8 heteroatoms. The summed E-state index contributed by atoms with van der Waals surface area (Å²) in [5.41, 5.74) is 1.60. The molecule has 2 saturated heterocycles. The first kappa shape index (κ1) is 18.6. The number of carbonyl (C=O) groups is 1. The predicted molar refractivity (Wildman–Crippen MR) is 104 cm³/mol. The minimum Gasteiger partial charge on any atom is -0.379 e. The van der Waals surface area contributed by atoms with Crippen molar-refractivity contribution in [3.05, 3.63) is 42.0 Å². The van der Waals surface area contributed by atoms with Gasteiger partial charge < -0.3 is 9.64 Å². The number of morpholine rings is 1. The fourth-order valence-corrected chi connectivity index (χ4v) is 6.28. The summed E-state index contributed by atoms with van der Waals surface area (Å²) in [6.07, 6.45) is 2.14. The third-order valence-corrected chi connectivity index (χ3v) is 8.46. The van der Waals surface area contributed by atoms with Gasteiger partial charge in [-0.05, 0) is 42.7 Å². The summed E-state index contributed by atoms with van der Waals surface area (Å²) in [4.78, 5) is 15.2. The third-order valence-electron chi connectivity index (χ3n) is 4.96. The first-order valence-electron chi connectivity index (χ1n) is 9.13. The van der Waals surface area contributed by atoms with E-state index in [9.17, 15) is 13.2 Å².